The van der Waals surface area contributed by atoms with E-state index >= 15 is 0 Å². The number of pyridine rings is 1. The van der Waals surface area contributed by atoms with Crippen molar-refractivity contribution in [2.75, 3.05) is 25.6 Å². The molecule has 2 atom stereocenters. The van der Waals surface area contributed by atoms with Crippen molar-refractivity contribution in [1.29, 1.82) is 0 Å². The summed E-state index contributed by atoms with van der Waals surface area (Å²) < 4.78 is 69.8. The molecule has 2 N–H and O–H groups in total. The predicted molar refractivity (Wildman–Crippen MR) is 111 cm³/mol. The van der Waals surface area contributed by atoms with Crippen LogP contribution in [0.2, 0.25) is 0 Å². The van der Waals surface area contributed by atoms with Crippen molar-refractivity contribution < 1.29 is 46.1 Å². The van der Waals surface area contributed by atoms with Crippen LogP contribution >= 0.6 is 0 Å². The quantitative estimate of drug-likeness (QED) is 0.496. The maximum absolute atomic E-state index is 12.8. The molecule has 10 nitrogen and oxygen atoms in total. The molecule has 4 heterocycles. The molecule has 0 aromatic carbocycles. The zero-order valence-corrected chi connectivity index (χ0v) is 18.4. The van der Waals surface area contributed by atoms with Gasteiger partial charge in [-0.2, -0.15) is 18.2 Å². The van der Waals surface area contributed by atoms with E-state index in [1.807, 2.05) is 6.20 Å². The van der Waals surface area contributed by atoms with Crippen LogP contribution in [0.3, 0.4) is 0 Å². The molecule has 1 aliphatic heterocycles. The molecule has 2 aliphatic rings. The Kier molecular flexibility index (Phi) is 6.75. The van der Waals surface area contributed by atoms with Crippen molar-refractivity contribution in [3.05, 3.63) is 47.7 Å². The maximum atomic E-state index is 12.8. The van der Waals surface area contributed by atoms with Crippen LogP contribution < -0.4 is 10.1 Å². The van der Waals surface area contributed by atoms with Crippen LogP contribution in [0.15, 0.2) is 30.6 Å². The van der Waals surface area contributed by atoms with Gasteiger partial charge in [-0.15, -0.1) is 0 Å². The molecule has 3 aromatic heterocycles. The molecule has 2 unspecified atom stereocenters. The first-order chi connectivity index (χ1) is 17.0. The summed E-state index contributed by atoms with van der Waals surface area (Å²) in [6, 6.07) is 3.89. The number of hydrogen-bond donors (Lipinski definition) is 2. The molecule has 15 heteroatoms. The highest BCUT2D eigenvalue weighted by molar-refractivity contribution is 6.03. The minimum Gasteiger partial charge on any atom is -0.479 e. The lowest BCUT2D eigenvalue weighted by atomic mass is 10.2. The molecule has 0 spiro atoms. The standard InChI is InChI=1S/C19H17F2N5O3.C2HF3O2/c1-28-18-14(23-17(27)12-4-2-3-11(22-12)16(20)21)6-26-5-13(24-19(26)25-18)15-9-7-29-8-10(9)15;3-2(4,5)1(6)7/h2-6,9-10,15-16H,7-8H2,1H3,(H,23,27);(H,6,7). The van der Waals surface area contributed by atoms with Crippen molar-refractivity contribution in [2.45, 2.75) is 18.5 Å². The van der Waals surface area contributed by atoms with Gasteiger partial charge >= 0.3 is 12.1 Å². The number of carbonyl (C=O) groups excluding carboxylic acids is 1. The Labute approximate surface area is 199 Å². The van der Waals surface area contributed by atoms with Crippen molar-refractivity contribution in [3.8, 4) is 5.88 Å². The Hall–Kier alpha value is -3.88. The van der Waals surface area contributed by atoms with Crippen LogP contribution in [0.25, 0.3) is 5.78 Å². The summed E-state index contributed by atoms with van der Waals surface area (Å²) in [5.74, 6) is -1.38. The van der Waals surface area contributed by atoms with Gasteiger partial charge in [-0.05, 0) is 24.0 Å². The smallest absolute Gasteiger partial charge is 0.479 e. The lowest BCUT2D eigenvalue weighted by Gasteiger charge is -2.10. The van der Waals surface area contributed by atoms with E-state index in [9.17, 15) is 26.7 Å². The molecule has 1 aliphatic carbocycles. The molecule has 3 aromatic rings. The van der Waals surface area contributed by atoms with E-state index in [0.29, 0.717) is 23.5 Å². The summed E-state index contributed by atoms with van der Waals surface area (Å²) in [7, 11) is 1.43. The number of nitrogens with zero attached hydrogens (tertiary/aromatic N) is 4. The fourth-order valence-electron chi connectivity index (χ4n) is 3.89. The Balaban J connectivity index is 0.000000384. The molecule has 0 bridgehead atoms. The molecule has 2 fully saturated rings. The van der Waals surface area contributed by atoms with Crippen LogP contribution in [-0.2, 0) is 9.53 Å². The number of nitrogens with one attached hydrogen (secondary N) is 1. The number of carboxylic acids is 1. The number of imidazole rings is 1. The third kappa shape index (κ3) is 5.19. The van der Waals surface area contributed by atoms with Crippen LogP contribution in [0.5, 0.6) is 5.88 Å². The van der Waals surface area contributed by atoms with Crippen LogP contribution in [0.4, 0.5) is 27.6 Å². The van der Waals surface area contributed by atoms with Crippen molar-refractivity contribution in [1.82, 2.24) is 19.4 Å². The molecule has 1 amide bonds. The largest absolute Gasteiger partial charge is 0.490 e. The van der Waals surface area contributed by atoms with E-state index in [1.54, 1.807) is 10.6 Å². The van der Waals surface area contributed by atoms with Gasteiger partial charge in [0.1, 0.15) is 17.1 Å². The monoisotopic (exact) mass is 515 g/mol. The van der Waals surface area contributed by atoms with E-state index in [0.717, 1.165) is 18.9 Å². The first-order valence-electron chi connectivity index (χ1n) is 10.4. The van der Waals surface area contributed by atoms with Gasteiger partial charge < -0.3 is 19.9 Å². The fourth-order valence-corrected chi connectivity index (χ4v) is 3.89. The second-order valence-corrected chi connectivity index (χ2v) is 7.93. The van der Waals surface area contributed by atoms with Crippen molar-refractivity contribution >= 4 is 23.3 Å². The number of hydrogen-bond acceptors (Lipinski definition) is 7. The zero-order valence-electron chi connectivity index (χ0n) is 18.4. The summed E-state index contributed by atoms with van der Waals surface area (Å²) >= 11 is 0. The number of rotatable bonds is 5. The van der Waals surface area contributed by atoms with Crippen LogP contribution in [0.1, 0.15) is 34.2 Å². The third-order valence-corrected chi connectivity index (χ3v) is 5.64. The highest BCUT2D eigenvalue weighted by Gasteiger charge is 2.55. The van der Waals surface area contributed by atoms with Crippen molar-refractivity contribution in [2.24, 2.45) is 11.8 Å². The van der Waals surface area contributed by atoms with E-state index < -0.39 is 30.2 Å². The highest BCUT2D eigenvalue weighted by atomic mass is 19.4. The number of aliphatic carboxylic acids is 1. The average molecular weight is 515 g/mol. The van der Waals surface area contributed by atoms with Gasteiger partial charge in [-0.1, -0.05) is 6.07 Å². The third-order valence-electron chi connectivity index (χ3n) is 5.64. The first-order valence-corrected chi connectivity index (χ1v) is 10.4. The number of halogens is 5. The van der Waals surface area contributed by atoms with E-state index in [2.05, 4.69) is 20.3 Å². The zero-order chi connectivity index (χ0) is 26.2. The number of anilines is 1. The number of carbonyl (C=O) groups is 2. The minimum atomic E-state index is -5.08. The second kappa shape index (κ2) is 9.64. The Morgan fingerprint density at radius 3 is 2.42 bits per heavy atom. The Bertz CT molecular complexity index is 1290. The van der Waals surface area contributed by atoms with E-state index in [-0.39, 0.29) is 17.3 Å². The number of amides is 1. The number of methoxy groups -OCH3 is 1. The fraction of sp³-hybridized carbons (Fsp3) is 0.381. The first kappa shape index (κ1) is 25.2. The Morgan fingerprint density at radius 2 is 1.83 bits per heavy atom. The molecule has 0 radical (unpaired) electrons. The van der Waals surface area contributed by atoms with Crippen LogP contribution in [-0.4, -0.2) is 62.8 Å². The normalized spacial score (nSPS) is 20.5. The van der Waals surface area contributed by atoms with Gasteiger partial charge in [0, 0.05) is 18.3 Å². The van der Waals surface area contributed by atoms with E-state index in [1.165, 1.54) is 25.3 Å². The SMILES string of the molecule is COc1nc2nc(C3C4COCC43)cn2cc1NC(=O)c1cccc(C(F)F)n1.O=C(O)C(F)(F)F. The molecule has 1 saturated carbocycles. The summed E-state index contributed by atoms with van der Waals surface area (Å²) in [6.45, 7) is 1.51. The van der Waals surface area contributed by atoms with E-state index in [4.69, 9.17) is 19.4 Å². The van der Waals surface area contributed by atoms with Gasteiger partial charge in [0.15, 0.2) is 0 Å². The van der Waals surface area contributed by atoms with Crippen LogP contribution in [0, 0.1) is 11.8 Å². The summed E-state index contributed by atoms with van der Waals surface area (Å²) in [6.07, 6.45) is -4.32. The topological polar surface area (TPSA) is 128 Å². The molecular weight excluding hydrogens is 497 g/mol. The molecule has 5 rings (SSSR count). The lowest BCUT2D eigenvalue weighted by molar-refractivity contribution is -0.192. The number of aromatic nitrogens is 4. The highest BCUT2D eigenvalue weighted by Crippen LogP contribution is 2.57. The average Bonchev–Trinajstić information content (AvgIpc) is 3.13. The minimum absolute atomic E-state index is 0.123. The number of alkyl halides is 5. The van der Waals surface area contributed by atoms with Gasteiger partial charge in [0.2, 0.25) is 11.7 Å². The van der Waals surface area contributed by atoms with Gasteiger partial charge in [0.25, 0.3) is 12.3 Å². The number of carboxylic acid groups (broad SMARTS) is 1. The summed E-state index contributed by atoms with van der Waals surface area (Å²) in [5, 5.41) is 9.75. The Morgan fingerprint density at radius 1 is 1.17 bits per heavy atom. The summed E-state index contributed by atoms with van der Waals surface area (Å²) in [5.41, 5.74) is 0.642. The molecule has 1 saturated heterocycles. The second-order valence-electron chi connectivity index (χ2n) is 7.93. The predicted octanol–water partition coefficient (Wildman–Crippen LogP) is 3.32. The van der Waals surface area contributed by atoms with Gasteiger partial charge in [-0.3, -0.25) is 9.20 Å². The van der Waals surface area contributed by atoms with Gasteiger partial charge in [0.05, 0.1) is 26.0 Å². The van der Waals surface area contributed by atoms with Crippen molar-refractivity contribution in [3.63, 3.8) is 0 Å². The number of ether oxygens (including phenoxy) is 2. The molecular formula is C21H18F5N5O5. The number of fused-ring (bicyclic) bond motifs is 2. The van der Waals surface area contributed by atoms with Gasteiger partial charge in [-0.25, -0.2) is 23.5 Å². The molecule has 192 valence electrons. The lowest BCUT2D eigenvalue weighted by Crippen LogP contribution is -2.21. The summed E-state index contributed by atoms with van der Waals surface area (Å²) in [4.78, 5) is 34.0. The molecule has 36 heavy (non-hydrogen) atoms. The maximum Gasteiger partial charge on any atom is 0.490 e.